The number of benzene rings is 3. The van der Waals surface area contributed by atoms with Gasteiger partial charge < -0.3 is 15.0 Å². The molecule has 8 nitrogen and oxygen atoms in total. The molecule has 3 rings (SSSR count). The molecule has 0 aliphatic rings. The molecule has 0 aliphatic carbocycles. The molecule has 3 aromatic rings. The first-order chi connectivity index (χ1) is 19.6. The summed E-state index contributed by atoms with van der Waals surface area (Å²) in [5.74, 6) is -0.185. The van der Waals surface area contributed by atoms with Gasteiger partial charge in [0, 0.05) is 12.6 Å². The normalized spacial score (nSPS) is 12.7. The monoisotopic (exact) mass is 579 g/mol. The van der Waals surface area contributed by atoms with Gasteiger partial charge in [-0.15, -0.1) is 0 Å². The fourth-order valence-corrected chi connectivity index (χ4v) is 5.91. The Morgan fingerprint density at radius 2 is 1.59 bits per heavy atom. The number of sulfonamides is 1. The molecule has 0 aromatic heterocycles. The van der Waals surface area contributed by atoms with E-state index in [9.17, 15) is 18.0 Å². The predicted molar refractivity (Wildman–Crippen MR) is 162 cm³/mol. The van der Waals surface area contributed by atoms with E-state index in [1.165, 1.54) is 17.0 Å². The third kappa shape index (κ3) is 8.33. The van der Waals surface area contributed by atoms with Crippen LogP contribution in [0.25, 0.3) is 0 Å². The summed E-state index contributed by atoms with van der Waals surface area (Å²) in [6.45, 7) is 9.70. The zero-order chi connectivity index (χ0) is 30.0. The number of amides is 2. The van der Waals surface area contributed by atoms with Crippen LogP contribution < -0.4 is 14.4 Å². The van der Waals surface area contributed by atoms with Crippen LogP contribution in [0.5, 0.6) is 5.75 Å². The average Bonchev–Trinajstić information content (AvgIpc) is 2.96. The van der Waals surface area contributed by atoms with Gasteiger partial charge in [-0.3, -0.25) is 13.9 Å². The molecule has 220 valence electrons. The zero-order valence-electron chi connectivity index (χ0n) is 24.5. The Bertz CT molecular complexity index is 1390. The number of carbonyl (C=O) groups is 2. The topological polar surface area (TPSA) is 96.0 Å². The number of anilines is 1. The maximum atomic E-state index is 14.1. The van der Waals surface area contributed by atoms with Crippen molar-refractivity contribution < 1.29 is 22.7 Å². The SMILES string of the molecule is CCOc1ccc(S(=O)(=O)N(CC(=O)N(Cc2cccc(C)c2)[C@@H](CC)C(=O)N[C@@H](C)CC)c2ccccc2)cc1. The molecule has 0 radical (unpaired) electrons. The van der Waals surface area contributed by atoms with Gasteiger partial charge in [-0.2, -0.15) is 0 Å². The summed E-state index contributed by atoms with van der Waals surface area (Å²) in [7, 11) is -4.14. The number of ether oxygens (including phenoxy) is 1. The highest BCUT2D eigenvalue weighted by molar-refractivity contribution is 7.92. The van der Waals surface area contributed by atoms with Crippen LogP contribution >= 0.6 is 0 Å². The van der Waals surface area contributed by atoms with Gasteiger partial charge >= 0.3 is 0 Å². The van der Waals surface area contributed by atoms with Gasteiger partial charge in [0.1, 0.15) is 18.3 Å². The Morgan fingerprint density at radius 1 is 0.902 bits per heavy atom. The lowest BCUT2D eigenvalue weighted by Gasteiger charge is -2.33. The molecular weight excluding hydrogens is 538 g/mol. The van der Waals surface area contributed by atoms with Crippen LogP contribution in [0.15, 0.2) is 83.8 Å². The number of hydrogen-bond donors (Lipinski definition) is 1. The largest absolute Gasteiger partial charge is 0.494 e. The standard InChI is InChI=1S/C32H41N3O5S/c1-6-25(5)33-32(37)30(7-2)34(22-26-14-12-13-24(4)21-26)31(36)23-35(27-15-10-9-11-16-27)41(38,39)29-19-17-28(18-20-29)40-8-3/h9-21,25,30H,6-8,22-23H2,1-5H3,(H,33,37)/t25-,30-/m0/s1. The molecule has 2 atom stereocenters. The molecule has 0 saturated carbocycles. The molecule has 0 bridgehead atoms. The number of nitrogens with zero attached hydrogens (tertiary/aromatic N) is 2. The summed E-state index contributed by atoms with van der Waals surface area (Å²) < 4.78 is 34.5. The molecule has 0 heterocycles. The van der Waals surface area contributed by atoms with E-state index in [-0.39, 0.29) is 23.4 Å². The van der Waals surface area contributed by atoms with Gasteiger partial charge in [0.2, 0.25) is 11.8 Å². The summed E-state index contributed by atoms with van der Waals surface area (Å²) in [4.78, 5) is 29.0. The quantitative estimate of drug-likeness (QED) is 0.279. The van der Waals surface area contributed by atoms with Crippen LogP contribution in [0.3, 0.4) is 0 Å². The molecule has 0 spiro atoms. The van der Waals surface area contributed by atoms with Gasteiger partial charge in [0.15, 0.2) is 0 Å². The van der Waals surface area contributed by atoms with Gasteiger partial charge in [-0.1, -0.05) is 61.9 Å². The second-order valence-electron chi connectivity index (χ2n) is 10.0. The van der Waals surface area contributed by atoms with Crippen molar-refractivity contribution in [3.05, 3.63) is 90.0 Å². The minimum Gasteiger partial charge on any atom is -0.494 e. The number of aryl methyl sites for hydroxylation is 1. The molecule has 2 amide bonds. The molecule has 1 N–H and O–H groups in total. The lowest BCUT2D eigenvalue weighted by molar-refractivity contribution is -0.140. The lowest BCUT2D eigenvalue weighted by atomic mass is 10.1. The highest BCUT2D eigenvalue weighted by atomic mass is 32.2. The van der Waals surface area contributed by atoms with E-state index in [0.29, 0.717) is 24.5 Å². The van der Waals surface area contributed by atoms with E-state index in [1.54, 1.807) is 42.5 Å². The van der Waals surface area contributed by atoms with E-state index in [2.05, 4.69) is 5.32 Å². The fraction of sp³-hybridized carbons (Fsp3) is 0.375. The van der Waals surface area contributed by atoms with E-state index in [0.717, 1.165) is 21.9 Å². The fourth-order valence-electron chi connectivity index (χ4n) is 4.49. The van der Waals surface area contributed by atoms with Crippen molar-refractivity contribution in [2.24, 2.45) is 0 Å². The predicted octanol–water partition coefficient (Wildman–Crippen LogP) is 5.31. The maximum absolute atomic E-state index is 14.1. The minimum absolute atomic E-state index is 0.0318. The Labute approximate surface area is 244 Å². The second-order valence-corrected chi connectivity index (χ2v) is 11.9. The number of carbonyl (C=O) groups excluding carboxylic acids is 2. The van der Waals surface area contributed by atoms with Crippen molar-refractivity contribution in [1.29, 1.82) is 0 Å². The second kappa shape index (κ2) is 14.7. The average molecular weight is 580 g/mol. The highest BCUT2D eigenvalue weighted by Gasteiger charge is 2.34. The van der Waals surface area contributed by atoms with Crippen LogP contribution in [-0.4, -0.2) is 50.4 Å². The molecule has 41 heavy (non-hydrogen) atoms. The Kier molecular flexibility index (Phi) is 11.3. The van der Waals surface area contributed by atoms with Crippen LogP contribution in [0.2, 0.25) is 0 Å². The molecule has 0 saturated heterocycles. The van der Waals surface area contributed by atoms with E-state index in [4.69, 9.17) is 4.74 Å². The van der Waals surface area contributed by atoms with Crippen LogP contribution in [0, 0.1) is 6.92 Å². The lowest BCUT2D eigenvalue weighted by Crippen LogP contribution is -2.53. The van der Waals surface area contributed by atoms with Crippen LogP contribution in [0.1, 0.15) is 51.7 Å². The van der Waals surface area contributed by atoms with Gasteiger partial charge in [-0.25, -0.2) is 8.42 Å². The maximum Gasteiger partial charge on any atom is 0.264 e. The molecule has 0 aliphatic heterocycles. The van der Waals surface area contributed by atoms with Gasteiger partial charge in [0.25, 0.3) is 10.0 Å². The smallest absolute Gasteiger partial charge is 0.264 e. The van der Waals surface area contributed by atoms with E-state index < -0.39 is 28.5 Å². The van der Waals surface area contributed by atoms with Gasteiger partial charge in [0.05, 0.1) is 17.2 Å². The first-order valence-electron chi connectivity index (χ1n) is 14.1. The molecular formula is C32H41N3O5S. The minimum atomic E-state index is -4.14. The van der Waals surface area contributed by atoms with Crippen molar-refractivity contribution in [2.75, 3.05) is 17.5 Å². The number of hydrogen-bond acceptors (Lipinski definition) is 5. The number of rotatable bonds is 14. The van der Waals surface area contributed by atoms with Crippen molar-refractivity contribution in [3.8, 4) is 5.75 Å². The van der Waals surface area contributed by atoms with E-state index in [1.807, 2.05) is 58.9 Å². The summed E-state index contributed by atoms with van der Waals surface area (Å²) in [6, 6.07) is 21.6. The van der Waals surface area contributed by atoms with Crippen LogP contribution in [-0.2, 0) is 26.2 Å². The van der Waals surface area contributed by atoms with Crippen molar-refractivity contribution in [3.63, 3.8) is 0 Å². The number of para-hydroxylation sites is 1. The molecule has 9 heteroatoms. The molecule has 3 aromatic carbocycles. The first-order valence-corrected chi connectivity index (χ1v) is 15.5. The Balaban J connectivity index is 2.02. The highest BCUT2D eigenvalue weighted by Crippen LogP contribution is 2.26. The molecule has 0 fully saturated rings. The van der Waals surface area contributed by atoms with Crippen molar-refractivity contribution in [1.82, 2.24) is 10.2 Å². The molecule has 0 unspecified atom stereocenters. The summed E-state index contributed by atoms with van der Waals surface area (Å²) in [5, 5.41) is 2.99. The van der Waals surface area contributed by atoms with Crippen molar-refractivity contribution >= 4 is 27.5 Å². The summed E-state index contributed by atoms with van der Waals surface area (Å²) in [5.41, 5.74) is 2.23. The number of nitrogens with one attached hydrogen (secondary N) is 1. The first kappa shape index (κ1) is 31.7. The summed E-state index contributed by atoms with van der Waals surface area (Å²) in [6.07, 6.45) is 1.12. The third-order valence-corrected chi connectivity index (χ3v) is 8.66. The van der Waals surface area contributed by atoms with Crippen LogP contribution in [0.4, 0.5) is 5.69 Å². The van der Waals surface area contributed by atoms with E-state index >= 15 is 0 Å². The zero-order valence-corrected chi connectivity index (χ0v) is 25.4. The third-order valence-electron chi connectivity index (χ3n) is 6.87. The Hall–Kier alpha value is -3.85. The Morgan fingerprint density at radius 3 is 2.17 bits per heavy atom. The summed E-state index contributed by atoms with van der Waals surface area (Å²) >= 11 is 0. The van der Waals surface area contributed by atoms with Crippen molar-refractivity contribution in [2.45, 2.75) is 71.0 Å². The van der Waals surface area contributed by atoms with Gasteiger partial charge in [-0.05, 0) is 75.6 Å².